The topological polar surface area (TPSA) is 58.9 Å². The highest BCUT2D eigenvalue weighted by Gasteiger charge is 2.17. The molecular weight excluding hydrogens is 232 g/mol. The standard InChI is InChI=1S/C14H20O4/c1-4-5-10-8-13(17-2)12(9-16)11(6-7-15)14(10)18-3/h4,8,15-16H,1,5-7,9H2,2-3H3. The molecule has 1 rings (SSSR count). The van der Waals surface area contributed by atoms with Gasteiger partial charge in [-0.1, -0.05) is 6.08 Å². The van der Waals surface area contributed by atoms with Crippen LogP contribution in [0.15, 0.2) is 18.7 Å². The van der Waals surface area contributed by atoms with Gasteiger partial charge >= 0.3 is 0 Å². The SMILES string of the molecule is C=CCc1cc(OC)c(CO)c(CCO)c1OC. The van der Waals surface area contributed by atoms with Crippen LogP contribution >= 0.6 is 0 Å². The number of allylic oxidation sites excluding steroid dienone is 1. The van der Waals surface area contributed by atoms with Crippen molar-refractivity contribution in [2.24, 2.45) is 0 Å². The summed E-state index contributed by atoms with van der Waals surface area (Å²) < 4.78 is 10.7. The minimum Gasteiger partial charge on any atom is -0.496 e. The Balaban J connectivity index is 3.46. The lowest BCUT2D eigenvalue weighted by Crippen LogP contribution is -2.06. The monoisotopic (exact) mass is 252 g/mol. The molecule has 0 aromatic heterocycles. The molecule has 0 saturated heterocycles. The van der Waals surface area contributed by atoms with E-state index in [-0.39, 0.29) is 13.2 Å². The molecule has 1 aromatic rings. The summed E-state index contributed by atoms with van der Waals surface area (Å²) in [4.78, 5) is 0. The lowest BCUT2D eigenvalue weighted by atomic mass is 9.97. The number of hydrogen-bond acceptors (Lipinski definition) is 4. The minimum atomic E-state index is -0.150. The van der Waals surface area contributed by atoms with E-state index in [9.17, 15) is 5.11 Å². The highest BCUT2D eigenvalue weighted by molar-refractivity contribution is 5.54. The first-order valence-electron chi connectivity index (χ1n) is 5.81. The first kappa shape index (κ1) is 14.5. The fraction of sp³-hybridized carbons (Fsp3) is 0.429. The second kappa shape index (κ2) is 7.03. The van der Waals surface area contributed by atoms with E-state index in [0.29, 0.717) is 29.9 Å². The second-order valence-corrected chi connectivity index (χ2v) is 3.85. The Morgan fingerprint density at radius 1 is 1.22 bits per heavy atom. The van der Waals surface area contributed by atoms with Crippen molar-refractivity contribution >= 4 is 0 Å². The van der Waals surface area contributed by atoms with Gasteiger partial charge in [-0.3, -0.25) is 0 Å². The number of benzene rings is 1. The molecule has 18 heavy (non-hydrogen) atoms. The summed E-state index contributed by atoms with van der Waals surface area (Å²) in [6.45, 7) is 3.55. The van der Waals surface area contributed by atoms with Crippen molar-refractivity contribution in [3.8, 4) is 11.5 Å². The molecule has 0 fully saturated rings. The van der Waals surface area contributed by atoms with E-state index in [0.717, 1.165) is 11.1 Å². The third-order valence-electron chi connectivity index (χ3n) is 2.84. The fourth-order valence-corrected chi connectivity index (χ4v) is 2.08. The van der Waals surface area contributed by atoms with Crippen molar-refractivity contribution in [1.29, 1.82) is 0 Å². The van der Waals surface area contributed by atoms with Gasteiger partial charge in [-0.2, -0.15) is 0 Å². The Morgan fingerprint density at radius 3 is 2.39 bits per heavy atom. The van der Waals surface area contributed by atoms with Gasteiger partial charge in [0, 0.05) is 23.3 Å². The first-order chi connectivity index (χ1) is 8.73. The molecule has 0 aliphatic heterocycles. The van der Waals surface area contributed by atoms with Gasteiger partial charge in [0.05, 0.1) is 20.8 Å². The molecule has 0 radical (unpaired) electrons. The molecule has 1 aromatic carbocycles. The van der Waals surface area contributed by atoms with Crippen LogP contribution in [0.2, 0.25) is 0 Å². The van der Waals surface area contributed by atoms with E-state index in [4.69, 9.17) is 14.6 Å². The zero-order valence-electron chi connectivity index (χ0n) is 10.9. The van der Waals surface area contributed by atoms with Crippen LogP contribution in [0.4, 0.5) is 0 Å². The van der Waals surface area contributed by atoms with E-state index in [2.05, 4.69) is 6.58 Å². The molecule has 0 unspecified atom stereocenters. The number of aliphatic hydroxyl groups excluding tert-OH is 2. The maximum atomic E-state index is 9.46. The molecule has 0 aliphatic rings. The Morgan fingerprint density at radius 2 is 1.94 bits per heavy atom. The molecule has 0 bridgehead atoms. The van der Waals surface area contributed by atoms with Gasteiger partial charge in [0.15, 0.2) is 0 Å². The number of rotatable bonds is 7. The van der Waals surface area contributed by atoms with Gasteiger partial charge in [0.25, 0.3) is 0 Å². The smallest absolute Gasteiger partial charge is 0.126 e. The van der Waals surface area contributed by atoms with Crippen LogP contribution < -0.4 is 9.47 Å². The largest absolute Gasteiger partial charge is 0.496 e. The zero-order chi connectivity index (χ0) is 13.5. The van der Waals surface area contributed by atoms with Crippen molar-refractivity contribution in [2.75, 3.05) is 20.8 Å². The van der Waals surface area contributed by atoms with E-state index in [1.807, 2.05) is 6.07 Å². The molecule has 4 heteroatoms. The lowest BCUT2D eigenvalue weighted by molar-refractivity contribution is 0.265. The molecule has 2 N–H and O–H groups in total. The van der Waals surface area contributed by atoms with Crippen molar-refractivity contribution in [3.63, 3.8) is 0 Å². The molecule has 0 atom stereocenters. The number of methoxy groups -OCH3 is 2. The zero-order valence-corrected chi connectivity index (χ0v) is 10.9. The van der Waals surface area contributed by atoms with Crippen LogP contribution in [0.25, 0.3) is 0 Å². The quantitative estimate of drug-likeness (QED) is 0.721. The molecule has 4 nitrogen and oxygen atoms in total. The first-order valence-corrected chi connectivity index (χ1v) is 5.81. The highest BCUT2D eigenvalue weighted by Crippen LogP contribution is 2.35. The predicted molar refractivity (Wildman–Crippen MR) is 70.2 cm³/mol. The average Bonchev–Trinajstić information content (AvgIpc) is 2.39. The van der Waals surface area contributed by atoms with E-state index < -0.39 is 0 Å². The Labute approximate surface area is 107 Å². The van der Waals surface area contributed by atoms with Crippen molar-refractivity contribution < 1.29 is 19.7 Å². The van der Waals surface area contributed by atoms with Crippen LogP contribution in [-0.2, 0) is 19.4 Å². The molecule has 0 aliphatic carbocycles. The average molecular weight is 252 g/mol. The molecule has 0 heterocycles. The highest BCUT2D eigenvalue weighted by atomic mass is 16.5. The molecule has 0 saturated carbocycles. The van der Waals surface area contributed by atoms with Crippen LogP contribution in [0.3, 0.4) is 0 Å². The van der Waals surface area contributed by atoms with E-state index in [1.54, 1.807) is 20.3 Å². The van der Waals surface area contributed by atoms with Gasteiger partial charge in [-0.25, -0.2) is 0 Å². The summed E-state index contributed by atoms with van der Waals surface area (Å²) in [5.74, 6) is 1.30. The Bertz CT molecular complexity index is 413. The van der Waals surface area contributed by atoms with Crippen molar-refractivity contribution in [2.45, 2.75) is 19.4 Å². The Hall–Kier alpha value is -1.52. The van der Waals surface area contributed by atoms with Crippen LogP contribution in [0.1, 0.15) is 16.7 Å². The second-order valence-electron chi connectivity index (χ2n) is 3.85. The summed E-state index contributed by atoms with van der Waals surface area (Å²) in [6.07, 6.45) is 2.84. The maximum absolute atomic E-state index is 9.46. The number of aliphatic hydroxyl groups is 2. The van der Waals surface area contributed by atoms with Crippen molar-refractivity contribution in [1.82, 2.24) is 0 Å². The summed E-state index contributed by atoms with van der Waals surface area (Å²) in [5, 5.41) is 18.6. The lowest BCUT2D eigenvalue weighted by Gasteiger charge is -2.19. The molecule has 0 spiro atoms. The third-order valence-corrected chi connectivity index (χ3v) is 2.84. The summed E-state index contributed by atoms with van der Waals surface area (Å²) in [6, 6.07) is 1.84. The van der Waals surface area contributed by atoms with E-state index >= 15 is 0 Å². The summed E-state index contributed by atoms with van der Waals surface area (Å²) in [7, 11) is 3.14. The van der Waals surface area contributed by atoms with Gasteiger partial charge in [0.2, 0.25) is 0 Å². The molecule has 0 amide bonds. The van der Waals surface area contributed by atoms with Gasteiger partial charge in [-0.15, -0.1) is 6.58 Å². The number of hydrogen-bond donors (Lipinski definition) is 2. The van der Waals surface area contributed by atoms with Crippen LogP contribution in [0.5, 0.6) is 11.5 Å². The predicted octanol–water partition coefficient (Wildman–Crippen LogP) is 1.46. The van der Waals surface area contributed by atoms with Gasteiger partial charge < -0.3 is 19.7 Å². The Kier molecular flexibility index (Phi) is 5.68. The minimum absolute atomic E-state index is 0.00986. The summed E-state index contributed by atoms with van der Waals surface area (Å²) in [5.41, 5.74) is 2.39. The fourth-order valence-electron chi connectivity index (χ4n) is 2.08. The van der Waals surface area contributed by atoms with Gasteiger partial charge in [0.1, 0.15) is 11.5 Å². The van der Waals surface area contributed by atoms with Crippen molar-refractivity contribution in [3.05, 3.63) is 35.4 Å². The van der Waals surface area contributed by atoms with Crippen LogP contribution in [-0.4, -0.2) is 31.0 Å². The normalized spacial score (nSPS) is 10.2. The summed E-state index contributed by atoms with van der Waals surface area (Å²) >= 11 is 0. The molecular formula is C14H20O4. The number of ether oxygens (including phenoxy) is 2. The molecule has 100 valence electrons. The van der Waals surface area contributed by atoms with Gasteiger partial charge in [-0.05, 0) is 18.9 Å². The van der Waals surface area contributed by atoms with E-state index in [1.165, 1.54) is 0 Å². The van der Waals surface area contributed by atoms with Crippen LogP contribution in [0, 0.1) is 0 Å². The maximum Gasteiger partial charge on any atom is 0.126 e. The third kappa shape index (κ3) is 2.83.